The number of benzene rings is 1. The molecular formula is C16H20N2O4S2. The Kier molecular flexibility index (Phi) is 4.72. The molecule has 0 unspecified atom stereocenters. The number of thioether (sulfide) groups is 1. The summed E-state index contributed by atoms with van der Waals surface area (Å²) in [4.78, 5) is 18.0. The van der Waals surface area contributed by atoms with Crippen LogP contribution in [0.1, 0.15) is 11.1 Å². The molecular weight excluding hydrogens is 348 g/mol. The number of aliphatic imine (C=N–C) groups is 1. The molecule has 2 saturated heterocycles. The molecule has 0 bridgehead atoms. The number of para-hydroxylation sites is 1. The Bertz CT molecular complexity index is 784. The van der Waals surface area contributed by atoms with E-state index in [1.165, 1.54) is 18.9 Å². The summed E-state index contributed by atoms with van der Waals surface area (Å²) in [6.45, 7) is 3.88. The zero-order valence-corrected chi connectivity index (χ0v) is 15.5. The quantitative estimate of drug-likeness (QED) is 0.806. The number of sulfone groups is 1. The number of nitrogens with zero attached hydrogens (tertiary/aromatic N) is 2. The third-order valence-corrected chi connectivity index (χ3v) is 7.44. The summed E-state index contributed by atoms with van der Waals surface area (Å²) in [7, 11) is -1.61. The number of ether oxygens (including phenoxy) is 1. The Labute approximate surface area is 146 Å². The van der Waals surface area contributed by atoms with Crippen molar-refractivity contribution in [2.75, 3.05) is 30.1 Å². The van der Waals surface area contributed by atoms with E-state index < -0.39 is 9.84 Å². The standard InChI is InChI=1S/C16H20N2O4S2/c1-10-5-4-6-11(2)15(10)18-12-8-24(20,21)9-13(12)23-16(18)17-14(19)7-22-3/h4-6,12-13H,7-9H2,1-3H3/t12-,13-/m0/s1. The van der Waals surface area contributed by atoms with Gasteiger partial charge in [-0.1, -0.05) is 30.0 Å². The summed E-state index contributed by atoms with van der Waals surface area (Å²) < 4.78 is 29.0. The third-order valence-electron chi connectivity index (χ3n) is 4.24. The van der Waals surface area contributed by atoms with Gasteiger partial charge in [-0.2, -0.15) is 4.99 Å². The minimum absolute atomic E-state index is 0.0850. The second-order valence-electron chi connectivity index (χ2n) is 6.13. The Morgan fingerprint density at radius 2 is 2.00 bits per heavy atom. The summed E-state index contributed by atoms with van der Waals surface area (Å²) in [6.07, 6.45) is 0. The highest BCUT2D eigenvalue weighted by atomic mass is 32.2. The van der Waals surface area contributed by atoms with E-state index in [1.807, 2.05) is 36.9 Å². The van der Waals surface area contributed by atoms with Crippen molar-refractivity contribution < 1.29 is 17.9 Å². The topological polar surface area (TPSA) is 76.0 Å². The molecule has 0 aromatic heterocycles. The monoisotopic (exact) mass is 368 g/mol. The molecule has 2 aliphatic rings. The van der Waals surface area contributed by atoms with Gasteiger partial charge in [0.1, 0.15) is 6.61 Å². The first-order chi connectivity index (χ1) is 11.3. The van der Waals surface area contributed by atoms with Gasteiger partial charge in [-0.3, -0.25) is 4.79 Å². The number of amides is 1. The molecule has 3 rings (SSSR count). The Hall–Kier alpha value is -1.38. The lowest BCUT2D eigenvalue weighted by Crippen LogP contribution is -2.38. The fourth-order valence-corrected chi connectivity index (χ4v) is 7.19. The predicted molar refractivity (Wildman–Crippen MR) is 96.5 cm³/mol. The van der Waals surface area contributed by atoms with Crippen LogP contribution in [0.25, 0.3) is 0 Å². The zero-order valence-electron chi connectivity index (χ0n) is 13.9. The summed E-state index contributed by atoms with van der Waals surface area (Å²) >= 11 is 1.38. The van der Waals surface area contributed by atoms with Crippen molar-refractivity contribution in [1.29, 1.82) is 0 Å². The zero-order chi connectivity index (χ0) is 17.5. The highest BCUT2D eigenvalue weighted by molar-refractivity contribution is 8.16. The third kappa shape index (κ3) is 3.22. The van der Waals surface area contributed by atoms with Crippen molar-refractivity contribution in [3.05, 3.63) is 29.3 Å². The molecule has 2 aliphatic heterocycles. The summed E-state index contributed by atoms with van der Waals surface area (Å²) in [6, 6.07) is 5.75. The van der Waals surface area contributed by atoms with Crippen LogP contribution in [-0.4, -0.2) is 56.0 Å². The van der Waals surface area contributed by atoms with Crippen LogP contribution in [0, 0.1) is 13.8 Å². The van der Waals surface area contributed by atoms with Gasteiger partial charge < -0.3 is 9.64 Å². The molecule has 130 valence electrons. The molecule has 2 fully saturated rings. The van der Waals surface area contributed by atoms with E-state index in [0.717, 1.165) is 16.8 Å². The average Bonchev–Trinajstić information content (AvgIpc) is 2.92. The number of rotatable bonds is 3. The Morgan fingerprint density at radius 3 is 2.62 bits per heavy atom. The number of fused-ring (bicyclic) bond motifs is 1. The fraction of sp³-hybridized carbons (Fsp3) is 0.500. The van der Waals surface area contributed by atoms with Gasteiger partial charge in [0.15, 0.2) is 15.0 Å². The lowest BCUT2D eigenvalue weighted by atomic mass is 10.1. The number of hydrogen-bond donors (Lipinski definition) is 0. The van der Waals surface area contributed by atoms with Crippen LogP contribution in [-0.2, 0) is 19.4 Å². The molecule has 2 heterocycles. The number of carbonyl (C=O) groups excluding carboxylic acids is 1. The second kappa shape index (κ2) is 6.50. The first-order valence-electron chi connectivity index (χ1n) is 7.65. The molecule has 1 amide bonds. The maximum Gasteiger partial charge on any atom is 0.274 e. The number of methoxy groups -OCH3 is 1. The van der Waals surface area contributed by atoms with Crippen LogP contribution in [0.4, 0.5) is 5.69 Å². The molecule has 2 atom stereocenters. The fourth-order valence-electron chi connectivity index (χ4n) is 3.27. The molecule has 1 aromatic carbocycles. The van der Waals surface area contributed by atoms with Gasteiger partial charge in [0.25, 0.3) is 5.91 Å². The van der Waals surface area contributed by atoms with E-state index >= 15 is 0 Å². The van der Waals surface area contributed by atoms with Crippen molar-refractivity contribution in [1.82, 2.24) is 0 Å². The minimum atomic E-state index is -3.06. The van der Waals surface area contributed by atoms with Gasteiger partial charge in [-0.15, -0.1) is 0 Å². The molecule has 6 nitrogen and oxygen atoms in total. The molecule has 8 heteroatoms. The van der Waals surface area contributed by atoms with E-state index in [4.69, 9.17) is 4.74 Å². The number of aryl methyl sites for hydroxylation is 2. The molecule has 0 saturated carbocycles. The van der Waals surface area contributed by atoms with Crippen LogP contribution in [0.5, 0.6) is 0 Å². The number of hydrogen-bond acceptors (Lipinski definition) is 5. The smallest absolute Gasteiger partial charge is 0.274 e. The van der Waals surface area contributed by atoms with Gasteiger partial charge in [0.2, 0.25) is 0 Å². The van der Waals surface area contributed by atoms with E-state index in [1.54, 1.807) is 0 Å². The Morgan fingerprint density at radius 1 is 1.33 bits per heavy atom. The van der Waals surface area contributed by atoms with Crippen LogP contribution in [0.2, 0.25) is 0 Å². The average molecular weight is 368 g/mol. The molecule has 24 heavy (non-hydrogen) atoms. The van der Waals surface area contributed by atoms with Gasteiger partial charge in [-0.25, -0.2) is 8.42 Å². The molecule has 0 spiro atoms. The van der Waals surface area contributed by atoms with Crippen molar-refractivity contribution in [2.24, 2.45) is 4.99 Å². The summed E-state index contributed by atoms with van der Waals surface area (Å²) in [5.74, 6) is -0.143. The van der Waals surface area contributed by atoms with Crippen molar-refractivity contribution in [3.63, 3.8) is 0 Å². The first kappa shape index (κ1) is 17.4. The van der Waals surface area contributed by atoms with E-state index in [2.05, 4.69) is 4.99 Å². The normalized spacial score (nSPS) is 26.8. The lowest BCUT2D eigenvalue weighted by Gasteiger charge is -2.27. The van der Waals surface area contributed by atoms with Gasteiger partial charge in [-0.05, 0) is 25.0 Å². The van der Waals surface area contributed by atoms with Crippen molar-refractivity contribution >= 4 is 38.4 Å². The van der Waals surface area contributed by atoms with Crippen molar-refractivity contribution in [3.8, 4) is 0 Å². The molecule has 0 N–H and O–H groups in total. The maximum atomic E-state index is 12.1. The highest BCUT2D eigenvalue weighted by Crippen LogP contribution is 2.42. The SMILES string of the molecule is COCC(=O)N=C1S[C@H]2CS(=O)(=O)C[C@@H]2N1c1c(C)cccc1C. The Balaban J connectivity index is 2.07. The molecule has 0 radical (unpaired) electrons. The number of amidine groups is 1. The van der Waals surface area contributed by atoms with Crippen LogP contribution in [0.3, 0.4) is 0 Å². The predicted octanol–water partition coefficient (Wildman–Crippen LogP) is 1.55. The van der Waals surface area contributed by atoms with E-state index in [0.29, 0.717) is 5.17 Å². The summed E-state index contributed by atoms with van der Waals surface area (Å²) in [5.41, 5.74) is 3.01. The van der Waals surface area contributed by atoms with Gasteiger partial charge in [0.05, 0.1) is 17.5 Å². The van der Waals surface area contributed by atoms with Crippen LogP contribution < -0.4 is 4.90 Å². The largest absolute Gasteiger partial charge is 0.375 e. The van der Waals surface area contributed by atoms with Gasteiger partial charge in [0, 0.05) is 18.0 Å². The van der Waals surface area contributed by atoms with Gasteiger partial charge >= 0.3 is 0 Å². The molecule has 1 aromatic rings. The number of carbonyl (C=O) groups is 1. The second-order valence-corrected chi connectivity index (χ2v) is 9.49. The molecule has 0 aliphatic carbocycles. The highest BCUT2D eigenvalue weighted by Gasteiger charge is 2.49. The summed E-state index contributed by atoms with van der Waals surface area (Å²) in [5, 5.41) is 0.474. The van der Waals surface area contributed by atoms with Crippen molar-refractivity contribution in [2.45, 2.75) is 25.1 Å². The van der Waals surface area contributed by atoms with Crippen LogP contribution in [0.15, 0.2) is 23.2 Å². The number of anilines is 1. The maximum absolute atomic E-state index is 12.1. The van der Waals surface area contributed by atoms with E-state index in [-0.39, 0.29) is 35.3 Å². The van der Waals surface area contributed by atoms with E-state index in [9.17, 15) is 13.2 Å². The minimum Gasteiger partial charge on any atom is -0.375 e. The first-order valence-corrected chi connectivity index (χ1v) is 10.4. The van der Waals surface area contributed by atoms with Crippen LogP contribution >= 0.6 is 11.8 Å². The lowest BCUT2D eigenvalue weighted by molar-refractivity contribution is -0.121.